The molecular formula is C18H21NO2. The van der Waals surface area contributed by atoms with Crippen LogP contribution in [0.15, 0.2) is 48.5 Å². The number of methoxy groups -OCH3 is 1. The Hall–Kier alpha value is -2.00. The van der Waals surface area contributed by atoms with E-state index in [4.69, 9.17) is 9.47 Å². The fourth-order valence-corrected chi connectivity index (χ4v) is 2.88. The molecule has 3 nitrogen and oxygen atoms in total. The lowest BCUT2D eigenvalue weighted by Gasteiger charge is -2.27. The van der Waals surface area contributed by atoms with Crippen LogP contribution < -0.4 is 14.8 Å². The Kier molecular flexibility index (Phi) is 4.41. The third kappa shape index (κ3) is 3.19. The second kappa shape index (κ2) is 6.64. The molecule has 1 atom stereocenters. The number of ether oxygens (including phenoxy) is 2. The third-order valence-corrected chi connectivity index (χ3v) is 3.95. The Morgan fingerprint density at radius 2 is 1.81 bits per heavy atom. The van der Waals surface area contributed by atoms with Gasteiger partial charge in [0.05, 0.1) is 13.7 Å². The van der Waals surface area contributed by atoms with Gasteiger partial charge < -0.3 is 14.8 Å². The van der Waals surface area contributed by atoms with Crippen LogP contribution in [-0.4, -0.2) is 20.3 Å². The van der Waals surface area contributed by atoms with E-state index in [1.165, 1.54) is 11.1 Å². The Morgan fingerprint density at radius 3 is 2.67 bits per heavy atom. The molecule has 0 aromatic heterocycles. The van der Waals surface area contributed by atoms with Gasteiger partial charge in [0.2, 0.25) is 0 Å². The number of fused-ring (bicyclic) bond motifs is 1. The van der Waals surface area contributed by atoms with Gasteiger partial charge in [-0.15, -0.1) is 0 Å². The maximum absolute atomic E-state index is 5.88. The van der Waals surface area contributed by atoms with E-state index in [2.05, 4.69) is 29.6 Å². The minimum absolute atomic E-state index is 0.379. The monoisotopic (exact) mass is 283 g/mol. The maximum Gasteiger partial charge on any atom is 0.161 e. The van der Waals surface area contributed by atoms with Crippen LogP contribution >= 0.6 is 0 Å². The van der Waals surface area contributed by atoms with Gasteiger partial charge in [0.25, 0.3) is 0 Å². The van der Waals surface area contributed by atoms with Crippen molar-refractivity contribution < 1.29 is 9.47 Å². The molecule has 2 aromatic rings. The molecule has 1 aliphatic rings. The standard InChI is InChI=1S/C18H21NO2/c1-20-17-8-4-5-9-18(17)21-13-11-16-15-7-3-2-6-14(15)10-12-19-16/h2-9,16,19H,10-13H2,1H3. The maximum atomic E-state index is 5.88. The molecule has 0 aliphatic carbocycles. The molecule has 110 valence electrons. The summed E-state index contributed by atoms with van der Waals surface area (Å²) in [5, 5.41) is 3.58. The lowest BCUT2D eigenvalue weighted by Crippen LogP contribution is -2.30. The van der Waals surface area contributed by atoms with E-state index in [1.807, 2.05) is 24.3 Å². The highest BCUT2D eigenvalue weighted by molar-refractivity contribution is 5.39. The Labute approximate surface area is 125 Å². The zero-order valence-electron chi connectivity index (χ0n) is 12.3. The van der Waals surface area contributed by atoms with E-state index in [0.717, 1.165) is 30.9 Å². The SMILES string of the molecule is COc1ccccc1OCCC1NCCc2ccccc21. The summed E-state index contributed by atoms with van der Waals surface area (Å²) in [6, 6.07) is 16.8. The van der Waals surface area contributed by atoms with E-state index in [-0.39, 0.29) is 0 Å². The first-order valence-corrected chi connectivity index (χ1v) is 7.45. The molecule has 0 bridgehead atoms. The number of para-hydroxylation sites is 2. The number of hydrogen-bond acceptors (Lipinski definition) is 3. The third-order valence-electron chi connectivity index (χ3n) is 3.95. The van der Waals surface area contributed by atoms with E-state index in [0.29, 0.717) is 12.6 Å². The van der Waals surface area contributed by atoms with E-state index >= 15 is 0 Å². The highest BCUT2D eigenvalue weighted by Crippen LogP contribution is 2.28. The van der Waals surface area contributed by atoms with Crippen LogP contribution in [-0.2, 0) is 6.42 Å². The fraction of sp³-hybridized carbons (Fsp3) is 0.333. The predicted octanol–water partition coefficient (Wildman–Crippen LogP) is 3.35. The fourth-order valence-electron chi connectivity index (χ4n) is 2.88. The zero-order chi connectivity index (χ0) is 14.5. The molecule has 0 fully saturated rings. The second-order valence-corrected chi connectivity index (χ2v) is 5.24. The minimum Gasteiger partial charge on any atom is -0.493 e. The van der Waals surface area contributed by atoms with Gasteiger partial charge in [-0.3, -0.25) is 0 Å². The van der Waals surface area contributed by atoms with Crippen molar-refractivity contribution in [2.24, 2.45) is 0 Å². The molecule has 1 unspecified atom stereocenters. The molecule has 21 heavy (non-hydrogen) atoms. The van der Waals surface area contributed by atoms with Crippen LogP contribution in [0.4, 0.5) is 0 Å². The summed E-state index contributed by atoms with van der Waals surface area (Å²) in [7, 11) is 1.67. The smallest absolute Gasteiger partial charge is 0.161 e. The van der Waals surface area contributed by atoms with E-state index in [9.17, 15) is 0 Å². The highest BCUT2D eigenvalue weighted by atomic mass is 16.5. The van der Waals surface area contributed by atoms with E-state index in [1.54, 1.807) is 7.11 Å². The summed E-state index contributed by atoms with van der Waals surface area (Å²) in [4.78, 5) is 0. The molecule has 1 N–H and O–H groups in total. The first kappa shape index (κ1) is 14.0. The topological polar surface area (TPSA) is 30.5 Å². The molecule has 3 heteroatoms. The highest BCUT2D eigenvalue weighted by Gasteiger charge is 2.18. The number of rotatable bonds is 5. The van der Waals surface area contributed by atoms with Crippen molar-refractivity contribution in [1.82, 2.24) is 5.32 Å². The van der Waals surface area contributed by atoms with Crippen molar-refractivity contribution in [2.45, 2.75) is 18.9 Å². The summed E-state index contributed by atoms with van der Waals surface area (Å²) in [5.41, 5.74) is 2.87. The van der Waals surface area contributed by atoms with Crippen LogP contribution in [0.2, 0.25) is 0 Å². The molecule has 0 amide bonds. The summed E-state index contributed by atoms with van der Waals surface area (Å²) in [6.07, 6.45) is 2.06. The van der Waals surface area contributed by atoms with Crippen molar-refractivity contribution in [1.29, 1.82) is 0 Å². The molecule has 0 saturated carbocycles. The van der Waals surface area contributed by atoms with Crippen LogP contribution in [0.5, 0.6) is 11.5 Å². The van der Waals surface area contributed by atoms with Crippen molar-refractivity contribution in [3.05, 3.63) is 59.7 Å². The average molecular weight is 283 g/mol. The molecule has 1 aliphatic heterocycles. The van der Waals surface area contributed by atoms with Gasteiger partial charge in [-0.1, -0.05) is 36.4 Å². The normalized spacial score (nSPS) is 17.1. The lowest BCUT2D eigenvalue weighted by molar-refractivity contribution is 0.269. The zero-order valence-corrected chi connectivity index (χ0v) is 12.3. The summed E-state index contributed by atoms with van der Waals surface area (Å²) in [6.45, 7) is 1.71. The van der Waals surface area contributed by atoms with Gasteiger partial charge in [0.15, 0.2) is 11.5 Å². The average Bonchev–Trinajstić information content (AvgIpc) is 2.55. The first-order chi connectivity index (χ1) is 10.4. The quantitative estimate of drug-likeness (QED) is 0.913. The van der Waals surface area contributed by atoms with Gasteiger partial charge in [0, 0.05) is 12.5 Å². The van der Waals surface area contributed by atoms with Gasteiger partial charge in [-0.05, 0) is 36.2 Å². The van der Waals surface area contributed by atoms with Gasteiger partial charge in [-0.25, -0.2) is 0 Å². The van der Waals surface area contributed by atoms with Crippen LogP contribution in [0, 0.1) is 0 Å². The summed E-state index contributed by atoms with van der Waals surface area (Å²) in [5.74, 6) is 1.60. The van der Waals surface area contributed by atoms with Crippen LogP contribution in [0.3, 0.4) is 0 Å². The Morgan fingerprint density at radius 1 is 1.05 bits per heavy atom. The van der Waals surface area contributed by atoms with Crippen LogP contribution in [0.25, 0.3) is 0 Å². The molecule has 2 aromatic carbocycles. The van der Waals surface area contributed by atoms with E-state index < -0.39 is 0 Å². The van der Waals surface area contributed by atoms with Crippen molar-refractivity contribution in [3.63, 3.8) is 0 Å². The molecule has 0 spiro atoms. The Bertz CT molecular complexity index is 597. The van der Waals surface area contributed by atoms with Gasteiger partial charge in [-0.2, -0.15) is 0 Å². The summed E-state index contributed by atoms with van der Waals surface area (Å²) >= 11 is 0. The lowest BCUT2D eigenvalue weighted by atomic mass is 9.93. The largest absolute Gasteiger partial charge is 0.493 e. The number of hydrogen-bond donors (Lipinski definition) is 1. The van der Waals surface area contributed by atoms with Crippen molar-refractivity contribution >= 4 is 0 Å². The molecule has 0 radical (unpaired) electrons. The first-order valence-electron chi connectivity index (χ1n) is 7.45. The summed E-state index contributed by atoms with van der Waals surface area (Å²) < 4.78 is 11.2. The second-order valence-electron chi connectivity index (χ2n) is 5.24. The van der Waals surface area contributed by atoms with Crippen molar-refractivity contribution in [3.8, 4) is 11.5 Å². The van der Waals surface area contributed by atoms with Gasteiger partial charge >= 0.3 is 0 Å². The predicted molar refractivity (Wildman–Crippen MR) is 84.0 cm³/mol. The molecule has 1 heterocycles. The number of nitrogens with one attached hydrogen (secondary N) is 1. The van der Waals surface area contributed by atoms with Crippen LogP contribution in [0.1, 0.15) is 23.6 Å². The molecule has 3 rings (SSSR count). The Balaban J connectivity index is 1.61. The number of benzene rings is 2. The van der Waals surface area contributed by atoms with Gasteiger partial charge in [0.1, 0.15) is 0 Å². The van der Waals surface area contributed by atoms with Crippen molar-refractivity contribution in [2.75, 3.05) is 20.3 Å². The molecular weight excluding hydrogens is 262 g/mol. The molecule has 0 saturated heterocycles. The minimum atomic E-state index is 0.379.